The van der Waals surface area contributed by atoms with Crippen molar-refractivity contribution in [3.05, 3.63) is 0 Å². The van der Waals surface area contributed by atoms with Crippen molar-refractivity contribution in [1.82, 2.24) is 0 Å². The summed E-state index contributed by atoms with van der Waals surface area (Å²) in [4.78, 5) is 0. The second-order valence-electron chi connectivity index (χ2n) is 8.14. The summed E-state index contributed by atoms with van der Waals surface area (Å²) in [6.45, 7) is 3.38. The van der Waals surface area contributed by atoms with Gasteiger partial charge in [0.1, 0.15) is 25.3 Å². The topological polar surface area (TPSA) is 147 Å². The molecule has 10 heteroatoms. The van der Waals surface area contributed by atoms with Crippen LogP contribution in [0.1, 0.15) is 71.1 Å². The molecule has 0 aromatic carbocycles. The number of quaternary nitrogens is 1. The van der Waals surface area contributed by atoms with Gasteiger partial charge in [-0.1, -0.05) is 58.3 Å². The van der Waals surface area contributed by atoms with Crippen LogP contribution in [-0.2, 0) is 14.6 Å². The van der Waals surface area contributed by atoms with Crippen molar-refractivity contribution in [3.63, 3.8) is 0 Å². The van der Waals surface area contributed by atoms with Crippen LogP contribution in [0.25, 0.3) is 0 Å². The third-order valence-corrected chi connectivity index (χ3v) is 5.39. The molecule has 9 nitrogen and oxygen atoms in total. The maximum absolute atomic E-state index is 9.73. The zero-order chi connectivity index (χ0) is 23.5. The first-order valence-corrected chi connectivity index (χ1v) is 12.3. The van der Waals surface area contributed by atoms with Crippen LogP contribution in [0.4, 0.5) is 0 Å². The number of hydrogen-bond acceptors (Lipinski definition) is 8. The highest BCUT2D eigenvalue weighted by Crippen LogP contribution is 2.14. The third kappa shape index (κ3) is 22.4. The minimum atomic E-state index is -4.41. The molecule has 0 radical (unpaired) electrons. The summed E-state index contributed by atoms with van der Waals surface area (Å²) in [6.07, 6.45) is 11.2. The molecule has 4 N–H and O–H groups in total. The molecule has 0 aliphatic rings. The minimum absolute atomic E-state index is 0.263. The van der Waals surface area contributed by atoms with Crippen molar-refractivity contribution in [2.75, 3.05) is 47.0 Å². The molecule has 0 saturated heterocycles. The lowest BCUT2D eigenvalue weighted by Crippen LogP contribution is -2.54. The van der Waals surface area contributed by atoms with Crippen molar-refractivity contribution in [2.45, 2.75) is 83.3 Å². The summed E-state index contributed by atoms with van der Waals surface area (Å²) in [5, 5.41) is 37.6. The molecule has 0 aliphatic carbocycles. The summed E-state index contributed by atoms with van der Waals surface area (Å²) >= 11 is 0. The van der Waals surface area contributed by atoms with Crippen LogP contribution < -0.4 is 0 Å². The van der Waals surface area contributed by atoms with Gasteiger partial charge in [0.25, 0.3) is 0 Å². The lowest BCUT2D eigenvalue weighted by atomic mass is 10.1. The summed E-state index contributed by atoms with van der Waals surface area (Å²) in [5.41, 5.74) is 0. The van der Waals surface area contributed by atoms with Crippen LogP contribution >= 0.6 is 0 Å². The van der Waals surface area contributed by atoms with Crippen LogP contribution in [0.3, 0.4) is 0 Å². The molecule has 2 atom stereocenters. The van der Waals surface area contributed by atoms with E-state index < -0.39 is 22.6 Å². The average Bonchev–Trinajstić information content (AvgIpc) is 2.69. The van der Waals surface area contributed by atoms with Gasteiger partial charge in [-0.2, -0.15) is 0 Å². The van der Waals surface area contributed by atoms with E-state index in [1.807, 2.05) is 7.05 Å². The molecule has 0 bridgehead atoms. The first-order valence-electron chi connectivity index (χ1n) is 11.0. The molecule has 0 rings (SSSR count). The predicted molar refractivity (Wildman–Crippen MR) is 116 cm³/mol. The number of hydrogen-bond donors (Lipinski definition) is 4. The van der Waals surface area contributed by atoms with Gasteiger partial charge in [-0.05, 0) is 12.8 Å². The van der Waals surface area contributed by atoms with Crippen LogP contribution in [0.2, 0.25) is 0 Å². The van der Waals surface area contributed by atoms with Gasteiger partial charge in [0.05, 0.1) is 33.9 Å². The summed E-state index contributed by atoms with van der Waals surface area (Å²) < 4.78 is 31.5. The monoisotopic (exact) mass is 459 g/mol. The van der Waals surface area contributed by atoms with Gasteiger partial charge in [0.2, 0.25) is 10.4 Å². The quantitative estimate of drug-likeness (QED) is 0.103. The molecular weight excluding hydrogens is 414 g/mol. The van der Waals surface area contributed by atoms with E-state index in [0.29, 0.717) is 17.6 Å². The van der Waals surface area contributed by atoms with Gasteiger partial charge in [0.15, 0.2) is 0 Å². The normalized spacial score (nSPS) is 15.7. The van der Waals surface area contributed by atoms with Crippen molar-refractivity contribution < 1.29 is 42.1 Å². The fourth-order valence-corrected chi connectivity index (χ4v) is 3.37. The Morgan fingerprint density at radius 2 is 1.17 bits per heavy atom. The smallest absolute Gasteiger partial charge is 0.217 e. The Labute approximate surface area is 183 Å². The van der Waals surface area contributed by atoms with Crippen LogP contribution in [0, 0.1) is 0 Å². The largest absolute Gasteiger partial charge is 0.726 e. The van der Waals surface area contributed by atoms with Crippen LogP contribution in [0.5, 0.6) is 0 Å². The molecule has 2 unspecified atom stereocenters. The highest BCUT2D eigenvalue weighted by atomic mass is 32.3. The minimum Gasteiger partial charge on any atom is -0.726 e. The molecule has 0 aliphatic heterocycles. The van der Waals surface area contributed by atoms with Gasteiger partial charge < -0.3 is 29.5 Å². The maximum Gasteiger partial charge on any atom is 0.217 e. The Morgan fingerprint density at radius 3 is 1.47 bits per heavy atom. The zero-order valence-electron chi connectivity index (χ0n) is 19.0. The molecule has 0 heterocycles. The standard InChI is InChI=1S/C19H42NO4.CH4O4S/c1-3-4-5-6-7-8-9-10-11-12-13-20(2,14-18(23)16-21)15-19(24)17-22;1-5-6(2,3)4/h18-19,21-24H,3-17H2,1-2H3;1H3,(H,2,3,4)/q+1;/p-1. The van der Waals surface area contributed by atoms with Gasteiger partial charge >= 0.3 is 0 Å². The number of aliphatic hydroxyl groups excluding tert-OH is 4. The van der Waals surface area contributed by atoms with E-state index in [0.717, 1.165) is 26.5 Å². The second-order valence-corrected chi connectivity index (χ2v) is 9.29. The molecule has 0 spiro atoms. The van der Waals surface area contributed by atoms with Crippen molar-refractivity contribution >= 4 is 10.4 Å². The van der Waals surface area contributed by atoms with Crippen LogP contribution in [-0.4, -0.2) is 97.1 Å². The van der Waals surface area contributed by atoms with E-state index in [9.17, 15) is 23.2 Å². The Bertz CT molecular complexity index is 463. The van der Waals surface area contributed by atoms with Gasteiger partial charge in [-0.15, -0.1) is 0 Å². The number of rotatable bonds is 18. The highest BCUT2D eigenvalue weighted by Gasteiger charge is 2.27. The van der Waals surface area contributed by atoms with Gasteiger partial charge in [-0.25, -0.2) is 8.42 Å². The van der Waals surface area contributed by atoms with E-state index in [1.165, 1.54) is 51.4 Å². The van der Waals surface area contributed by atoms with E-state index in [2.05, 4.69) is 11.1 Å². The predicted octanol–water partition coefficient (Wildman–Crippen LogP) is 1.15. The molecule has 30 heavy (non-hydrogen) atoms. The van der Waals surface area contributed by atoms with Crippen molar-refractivity contribution in [3.8, 4) is 0 Å². The zero-order valence-corrected chi connectivity index (χ0v) is 19.9. The third-order valence-electron chi connectivity index (χ3n) is 4.98. The maximum atomic E-state index is 9.73. The van der Waals surface area contributed by atoms with Crippen LogP contribution in [0.15, 0.2) is 0 Å². The van der Waals surface area contributed by atoms with E-state index in [4.69, 9.17) is 10.2 Å². The molecule has 0 saturated carbocycles. The highest BCUT2D eigenvalue weighted by molar-refractivity contribution is 7.80. The second kappa shape index (κ2) is 19.4. The fourth-order valence-electron chi connectivity index (χ4n) is 3.37. The van der Waals surface area contributed by atoms with Gasteiger partial charge in [-0.3, -0.25) is 4.18 Å². The van der Waals surface area contributed by atoms with Crippen molar-refractivity contribution in [1.29, 1.82) is 0 Å². The number of likely N-dealkylation sites (N-methyl/N-ethyl adjacent to an activating group) is 1. The molecule has 184 valence electrons. The first kappa shape index (κ1) is 31.9. The Kier molecular flexibility index (Phi) is 20.6. The van der Waals surface area contributed by atoms with Gasteiger partial charge in [0, 0.05) is 0 Å². The number of aliphatic hydroxyl groups is 4. The average molecular weight is 460 g/mol. The van der Waals surface area contributed by atoms with E-state index in [1.54, 1.807) is 0 Å². The summed E-state index contributed by atoms with van der Waals surface area (Å²) in [5.74, 6) is 0. The first-order chi connectivity index (χ1) is 14.0. The summed E-state index contributed by atoms with van der Waals surface area (Å²) in [6, 6.07) is 0. The van der Waals surface area contributed by atoms with E-state index in [-0.39, 0.29) is 13.2 Å². The Morgan fingerprint density at radius 1 is 0.833 bits per heavy atom. The Hall–Kier alpha value is -0.330. The summed E-state index contributed by atoms with van der Waals surface area (Å²) in [7, 11) is -1.63. The Balaban J connectivity index is 0. The number of nitrogens with zero attached hydrogens (tertiary/aromatic N) is 1. The lowest BCUT2D eigenvalue weighted by Gasteiger charge is -2.37. The molecule has 0 aromatic rings. The SMILES string of the molecule is CCCCCCCCCCCC[N+](C)(CC(O)CO)CC(O)CO.COS(=O)(=O)[O-]. The lowest BCUT2D eigenvalue weighted by molar-refractivity contribution is -0.915. The fraction of sp³-hybridized carbons (Fsp3) is 1.00. The molecule has 0 amide bonds. The molecular formula is C20H45NO8S. The molecule has 0 fully saturated rings. The van der Waals surface area contributed by atoms with E-state index >= 15 is 0 Å². The number of unbranched alkanes of at least 4 members (excludes halogenated alkanes) is 9. The van der Waals surface area contributed by atoms with Crippen molar-refractivity contribution in [2.24, 2.45) is 0 Å². The molecule has 0 aromatic heterocycles.